The van der Waals surface area contributed by atoms with Gasteiger partial charge in [-0.15, -0.1) is 0 Å². The van der Waals surface area contributed by atoms with Crippen LogP contribution in [0.4, 0.5) is 0 Å². The van der Waals surface area contributed by atoms with Crippen LogP contribution < -0.4 is 0 Å². The number of hydrogen-bond acceptors (Lipinski definition) is 1. The smallest absolute Gasteiger partial charge is 0.0864 e. The van der Waals surface area contributed by atoms with Crippen LogP contribution in [0.3, 0.4) is 0 Å². The highest BCUT2D eigenvalue weighted by molar-refractivity contribution is 5.29. The molecule has 2 aromatic carbocycles. The molecule has 0 spiro atoms. The molecule has 0 heterocycles. The van der Waals surface area contributed by atoms with Gasteiger partial charge in [0.15, 0.2) is 0 Å². The molecule has 0 fully saturated rings. The largest absolute Gasteiger partial charge is 0.473 e. The van der Waals surface area contributed by atoms with Crippen molar-refractivity contribution in [3.8, 4) is 0 Å². The van der Waals surface area contributed by atoms with E-state index in [9.17, 15) is 0 Å². The fourth-order valence-electron chi connectivity index (χ4n) is 2.81. The molecule has 0 aliphatic rings. The minimum atomic E-state index is 0.204. The Labute approximate surface area is 165 Å². The predicted octanol–water partition coefficient (Wildman–Crippen LogP) is 7.11. The van der Waals surface area contributed by atoms with Crippen molar-refractivity contribution in [2.24, 2.45) is 0 Å². The Kier molecular flexibility index (Phi) is 7.07. The van der Waals surface area contributed by atoms with Crippen molar-refractivity contribution in [2.75, 3.05) is 0 Å². The summed E-state index contributed by atoms with van der Waals surface area (Å²) in [6.07, 6.45) is 9.38. The Morgan fingerprint density at radius 1 is 0.593 bits per heavy atom. The Balaban J connectivity index is 1.74. The maximum atomic E-state index is 5.47. The van der Waals surface area contributed by atoms with E-state index < -0.39 is 0 Å². The molecule has 0 unspecified atom stereocenters. The van der Waals surface area contributed by atoms with Crippen LogP contribution in [0.25, 0.3) is 0 Å². The summed E-state index contributed by atoms with van der Waals surface area (Å²) in [5.74, 6) is 0. The SMILES string of the molecule is CC(C)(C)c1ccc(C/C=C\O/C=C\Cc2ccc(C(C)(C)C)cc2)cc1. The summed E-state index contributed by atoms with van der Waals surface area (Å²) < 4.78 is 5.47. The summed E-state index contributed by atoms with van der Waals surface area (Å²) in [5.41, 5.74) is 5.73. The zero-order chi connectivity index (χ0) is 19.9. The van der Waals surface area contributed by atoms with Gasteiger partial charge in [0.2, 0.25) is 0 Å². The molecule has 0 saturated carbocycles. The maximum absolute atomic E-state index is 5.47. The van der Waals surface area contributed by atoms with Crippen molar-refractivity contribution in [1.29, 1.82) is 0 Å². The molecule has 0 saturated heterocycles. The van der Waals surface area contributed by atoms with Crippen molar-refractivity contribution < 1.29 is 4.74 Å². The second-order valence-corrected chi connectivity index (χ2v) is 9.18. The molecule has 0 radical (unpaired) electrons. The van der Waals surface area contributed by atoms with Gasteiger partial charge in [-0.3, -0.25) is 0 Å². The van der Waals surface area contributed by atoms with E-state index in [4.69, 9.17) is 4.74 Å². The molecule has 1 heteroatoms. The number of allylic oxidation sites excluding steroid dienone is 2. The van der Waals surface area contributed by atoms with E-state index in [1.807, 2.05) is 0 Å². The van der Waals surface area contributed by atoms with Gasteiger partial charge in [-0.2, -0.15) is 0 Å². The van der Waals surface area contributed by atoms with Crippen LogP contribution in [0.2, 0.25) is 0 Å². The van der Waals surface area contributed by atoms with Crippen molar-refractivity contribution in [2.45, 2.75) is 65.2 Å². The standard InChI is InChI=1S/C26H34O/c1-25(2,3)23-15-11-21(12-16-23)9-7-19-27-20-8-10-22-13-17-24(18-14-22)26(4,5)6/h7-8,11-20H,9-10H2,1-6H3/b19-7-,20-8-. The van der Waals surface area contributed by atoms with Gasteiger partial charge in [-0.1, -0.05) is 90.1 Å². The van der Waals surface area contributed by atoms with Crippen molar-refractivity contribution in [1.82, 2.24) is 0 Å². The lowest BCUT2D eigenvalue weighted by atomic mass is 9.86. The third-order valence-electron chi connectivity index (χ3n) is 4.70. The average Bonchev–Trinajstić information content (AvgIpc) is 2.60. The molecule has 27 heavy (non-hydrogen) atoms. The molecule has 0 bridgehead atoms. The molecule has 1 nitrogen and oxygen atoms in total. The fraction of sp³-hybridized carbons (Fsp3) is 0.385. The summed E-state index contributed by atoms with van der Waals surface area (Å²) in [4.78, 5) is 0. The predicted molar refractivity (Wildman–Crippen MR) is 117 cm³/mol. The van der Waals surface area contributed by atoms with Gasteiger partial charge in [0.05, 0.1) is 12.5 Å². The summed E-state index contributed by atoms with van der Waals surface area (Å²) >= 11 is 0. The van der Waals surface area contributed by atoms with Crippen molar-refractivity contribution in [3.05, 3.63) is 95.5 Å². The molecule has 0 N–H and O–H groups in total. The molecule has 0 aliphatic carbocycles. The second kappa shape index (κ2) is 9.08. The first-order chi connectivity index (χ1) is 12.7. The number of rotatable bonds is 6. The minimum Gasteiger partial charge on any atom is -0.473 e. The second-order valence-electron chi connectivity index (χ2n) is 9.18. The topological polar surface area (TPSA) is 9.23 Å². The van der Waals surface area contributed by atoms with E-state index in [2.05, 4.69) is 102 Å². The van der Waals surface area contributed by atoms with Gasteiger partial charge in [0, 0.05) is 0 Å². The van der Waals surface area contributed by atoms with Crippen LogP contribution in [0.1, 0.15) is 63.8 Å². The van der Waals surface area contributed by atoms with Crippen LogP contribution in [-0.4, -0.2) is 0 Å². The van der Waals surface area contributed by atoms with Gasteiger partial charge >= 0.3 is 0 Å². The van der Waals surface area contributed by atoms with Crippen molar-refractivity contribution in [3.63, 3.8) is 0 Å². The maximum Gasteiger partial charge on any atom is 0.0864 e. The molecule has 0 aliphatic heterocycles. The Hall–Kier alpha value is -2.28. The van der Waals surface area contributed by atoms with Crippen LogP contribution in [0.15, 0.2) is 73.2 Å². The van der Waals surface area contributed by atoms with Crippen LogP contribution in [0, 0.1) is 0 Å². The van der Waals surface area contributed by atoms with E-state index in [1.165, 1.54) is 22.3 Å². The van der Waals surface area contributed by atoms with E-state index >= 15 is 0 Å². The van der Waals surface area contributed by atoms with E-state index in [0.717, 1.165) is 12.8 Å². The Morgan fingerprint density at radius 2 is 0.926 bits per heavy atom. The monoisotopic (exact) mass is 362 g/mol. The van der Waals surface area contributed by atoms with E-state index in [0.29, 0.717) is 0 Å². The van der Waals surface area contributed by atoms with Crippen molar-refractivity contribution >= 4 is 0 Å². The summed E-state index contributed by atoms with van der Waals surface area (Å²) in [7, 11) is 0. The molecule has 0 amide bonds. The molecule has 2 rings (SSSR count). The number of benzene rings is 2. The third-order valence-corrected chi connectivity index (χ3v) is 4.70. The molecular weight excluding hydrogens is 328 g/mol. The molecular formula is C26H34O. The number of ether oxygens (including phenoxy) is 1. The molecule has 2 aromatic rings. The highest BCUT2D eigenvalue weighted by Gasteiger charge is 2.13. The quantitative estimate of drug-likeness (QED) is 0.497. The van der Waals surface area contributed by atoms with Crippen LogP contribution in [-0.2, 0) is 28.4 Å². The Morgan fingerprint density at radius 3 is 1.22 bits per heavy atom. The Bertz CT molecular complexity index is 680. The molecule has 0 atom stereocenters. The highest BCUT2D eigenvalue weighted by Crippen LogP contribution is 2.23. The van der Waals surface area contributed by atoms with Gasteiger partial charge < -0.3 is 4.74 Å². The van der Waals surface area contributed by atoms with Gasteiger partial charge in [0.25, 0.3) is 0 Å². The summed E-state index contributed by atoms with van der Waals surface area (Å²) in [5, 5.41) is 0. The normalized spacial score (nSPS) is 12.8. The zero-order valence-electron chi connectivity index (χ0n) is 17.8. The lowest BCUT2D eigenvalue weighted by Gasteiger charge is -2.18. The zero-order valence-corrected chi connectivity index (χ0v) is 17.8. The number of hydrogen-bond donors (Lipinski definition) is 0. The van der Waals surface area contributed by atoms with Crippen LogP contribution >= 0.6 is 0 Å². The van der Waals surface area contributed by atoms with E-state index in [-0.39, 0.29) is 10.8 Å². The summed E-state index contributed by atoms with van der Waals surface area (Å²) in [6.45, 7) is 13.4. The van der Waals surface area contributed by atoms with Gasteiger partial charge in [0.1, 0.15) is 0 Å². The average molecular weight is 363 g/mol. The van der Waals surface area contributed by atoms with Crippen LogP contribution in [0.5, 0.6) is 0 Å². The lowest BCUT2D eigenvalue weighted by molar-refractivity contribution is 0.399. The first kappa shape index (κ1) is 21.0. The third kappa shape index (κ3) is 7.09. The highest BCUT2D eigenvalue weighted by atomic mass is 16.5. The molecule has 144 valence electrons. The first-order valence-corrected chi connectivity index (χ1v) is 9.80. The van der Waals surface area contributed by atoms with E-state index in [1.54, 1.807) is 12.5 Å². The molecule has 0 aromatic heterocycles. The summed E-state index contributed by atoms with van der Waals surface area (Å²) in [6, 6.07) is 17.7. The minimum absolute atomic E-state index is 0.204. The lowest BCUT2D eigenvalue weighted by Crippen LogP contribution is -2.10. The fourth-order valence-corrected chi connectivity index (χ4v) is 2.81. The van der Waals surface area contributed by atoms with Gasteiger partial charge in [-0.05, 0) is 58.1 Å². The van der Waals surface area contributed by atoms with Gasteiger partial charge in [-0.25, -0.2) is 0 Å². The first-order valence-electron chi connectivity index (χ1n) is 9.80.